The van der Waals surface area contributed by atoms with Crippen molar-refractivity contribution in [1.29, 1.82) is 0 Å². The summed E-state index contributed by atoms with van der Waals surface area (Å²) in [7, 11) is 0. The van der Waals surface area contributed by atoms with Crippen molar-refractivity contribution in [1.82, 2.24) is 4.57 Å². The molecule has 3 heterocycles. The Morgan fingerprint density at radius 1 is 0.373 bits per heavy atom. The number of rotatable bonds is 4. The minimum atomic E-state index is 0.283. The van der Waals surface area contributed by atoms with E-state index >= 15 is 0 Å². The maximum atomic E-state index is 6.62. The van der Waals surface area contributed by atoms with Crippen LogP contribution in [-0.4, -0.2) is 4.57 Å². The van der Waals surface area contributed by atoms with Gasteiger partial charge in [0, 0.05) is 50.0 Å². The molecule has 0 saturated heterocycles. The molecule has 276 valence electrons. The fourth-order valence-corrected chi connectivity index (χ4v) is 9.96. The zero-order valence-electron chi connectivity index (χ0n) is 32.0. The lowest BCUT2D eigenvalue weighted by Gasteiger charge is -2.28. The number of hydrogen-bond acceptors (Lipinski definition) is 2. The summed E-state index contributed by atoms with van der Waals surface area (Å²) in [5.74, 6) is 0.283. The predicted molar refractivity (Wildman–Crippen MR) is 244 cm³/mol. The van der Waals surface area contributed by atoms with Crippen molar-refractivity contribution >= 4 is 65.7 Å². The Bertz CT molecular complexity index is 3600. The van der Waals surface area contributed by atoms with E-state index in [1.165, 1.54) is 49.6 Å². The number of para-hydroxylation sites is 2. The van der Waals surface area contributed by atoms with E-state index in [2.05, 4.69) is 199 Å². The molecule has 0 radical (unpaired) electrons. The quantitative estimate of drug-likeness (QED) is 0.179. The van der Waals surface area contributed by atoms with Crippen LogP contribution in [0, 0.1) is 0 Å². The van der Waals surface area contributed by atoms with Crippen molar-refractivity contribution in [3.63, 3.8) is 0 Å². The molecule has 1 aliphatic carbocycles. The molecular weight excluding hydrogens is 719 g/mol. The molecule has 3 nitrogen and oxygen atoms in total. The summed E-state index contributed by atoms with van der Waals surface area (Å²) in [6, 6.07) is 70.3. The molecule has 0 fully saturated rings. The van der Waals surface area contributed by atoms with E-state index in [1.54, 1.807) is 0 Å². The Hall–Kier alpha value is -7.62. The van der Waals surface area contributed by atoms with Crippen molar-refractivity contribution in [2.45, 2.75) is 12.3 Å². The maximum absolute atomic E-state index is 6.62. The van der Waals surface area contributed by atoms with Crippen LogP contribution in [0.3, 0.4) is 0 Å². The minimum absolute atomic E-state index is 0.283. The summed E-state index contributed by atoms with van der Waals surface area (Å²) < 4.78 is 15.5. The highest BCUT2D eigenvalue weighted by molar-refractivity contribution is 6.11. The van der Waals surface area contributed by atoms with Crippen LogP contribution in [-0.2, 0) is 6.42 Å². The maximum Gasteiger partial charge on any atom is 0.137 e. The molecule has 13 rings (SSSR count). The van der Waals surface area contributed by atoms with Crippen molar-refractivity contribution < 1.29 is 8.83 Å². The van der Waals surface area contributed by atoms with E-state index in [1.807, 2.05) is 0 Å². The van der Waals surface area contributed by atoms with Crippen LogP contribution in [0.1, 0.15) is 22.6 Å². The number of hydrogen-bond donors (Lipinski definition) is 0. The summed E-state index contributed by atoms with van der Waals surface area (Å²) in [5, 5.41) is 7.03. The van der Waals surface area contributed by atoms with Gasteiger partial charge in [-0.05, 0) is 111 Å². The highest BCUT2D eigenvalue weighted by atomic mass is 16.3. The topological polar surface area (TPSA) is 31.2 Å². The molecule has 0 saturated carbocycles. The molecule has 9 aromatic carbocycles. The van der Waals surface area contributed by atoms with Crippen molar-refractivity contribution in [2.75, 3.05) is 0 Å². The number of aromatic nitrogens is 1. The Kier molecular flexibility index (Phi) is 6.84. The first kappa shape index (κ1) is 32.5. The van der Waals surface area contributed by atoms with E-state index in [0.29, 0.717) is 0 Å². The summed E-state index contributed by atoms with van der Waals surface area (Å²) in [6.07, 6.45) is 0.983. The molecular formula is C56H35NO2. The number of nitrogens with zero attached hydrogens (tertiary/aromatic N) is 1. The van der Waals surface area contributed by atoms with Gasteiger partial charge in [-0.2, -0.15) is 0 Å². The Morgan fingerprint density at radius 2 is 0.864 bits per heavy atom. The number of benzene rings is 9. The Labute approximate surface area is 340 Å². The van der Waals surface area contributed by atoms with E-state index in [-0.39, 0.29) is 5.92 Å². The van der Waals surface area contributed by atoms with Crippen LogP contribution >= 0.6 is 0 Å². The fourth-order valence-electron chi connectivity index (χ4n) is 9.96. The standard InChI is InChI=1S/C56H35NO2/c1-2-10-41-38(9-1)29-50(43-12-4-3-11-42(41)43)39-23-27-48-46-25-21-36(30-53(46)58-55(48)32-39)34-17-19-35(20-18-34)37-22-26-47-49-28-24-40(33-56(49)59-54(47)31-37)57-51-15-7-5-13-44(51)45-14-6-8-16-52(45)57/h1-28,30-33,50H,29H2. The second-order valence-electron chi connectivity index (χ2n) is 16.0. The molecule has 0 bridgehead atoms. The molecule has 59 heavy (non-hydrogen) atoms. The van der Waals surface area contributed by atoms with E-state index in [4.69, 9.17) is 8.83 Å². The van der Waals surface area contributed by atoms with Crippen molar-refractivity contribution in [2.24, 2.45) is 0 Å². The van der Waals surface area contributed by atoms with Gasteiger partial charge < -0.3 is 13.4 Å². The zero-order valence-corrected chi connectivity index (χ0v) is 32.0. The molecule has 0 N–H and O–H groups in total. The molecule has 1 unspecified atom stereocenters. The predicted octanol–water partition coefficient (Wildman–Crippen LogP) is 15.3. The van der Waals surface area contributed by atoms with Gasteiger partial charge in [0.1, 0.15) is 22.3 Å². The van der Waals surface area contributed by atoms with Gasteiger partial charge in [0.15, 0.2) is 0 Å². The fraction of sp³-hybridized carbons (Fsp3) is 0.0357. The highest BCUT2D eigenvalue weighted by Crippen LogP contribution is 2.44. The molecule has 3 aromatic heterocycles. The normalized spacial score (nSPS) is 13.9. The van der Waals surface area contributed by atoms with Crippen LogP contribution in [0.25, 0.3) is 105 Å². The summed E-state index contributed by atoms with van der Waals surface area (Å²) in [6.45, 7) is 0. The van der Waals surface area contributed by atoms with Gasteiger partial charge in [0.25, 0.3) is 0 Å². The lowest BCUT2D eigenvalue weighted by Crippen LogP contribution is -2.12. The van der Waals surface area contributed by atoms with Gasteiger partial charge in [-0.25, -0.2) is 0 Å². The van der Waals surface area contributed by atoms with Crippen LogP contribution in [0.5, 0.6) is 0 Å². The van der Waals surface area contributed by atoms with Gasteiger partial charge in [-0.3, -0.25) is 0 Å². The number of fused-ring (bicyclic) bond motifs is 12. The Balaban J connectivity index is 0.807. The number of furan rings is 2. The van der Waals surface area contributed by atoms with Crippen molar-refractivity contribution in [3.8, 4) is 39.1 Å². The molecule has 12 aromatic rings. The molecule has 0 aliphatic heterocycles. The first-order valence-electron chi connectivity index (χ1n) is 20.4. The first-order chi connectivity index (χ1) is 29.2. The third-order valence-electron chi connectivity index (χ3n) is 12.8. The average Bonchev–Trinajstić information content (AvgIpc) is 3.97. The lowest BCUT2D eigenvalue weighted by atomic mass is 9.76. The van der Waals surface area contributed by atoms with Crippen LogP contribution in [0.2, 0.25) is 0 Å². The van der Waals surface area contributed by atoms with Crippen LogP contribution in [0.4, 0.5) is 0 Å². The largest absolute Gasteiger partial charge is 0.456 e. The molecule has 1 atom stereocenters. The van der Waals surface area contributed by atoms with Gasteiger partial charge in [-0.15, -0.1) is 0 Å². The van der Waals surface area contributed by atoms with Gasteiger partial charge in [0.2, 0.25) is 0 Å². The monoisotopic (exact) mass is 753 g/mol. The van der Waals surface area contributed by atoms with E-state index in [9.17, 15) is 0 Å². The van der Waals surface area contributed by atoms with Crippen molar-refractivity contribution in [3.05, 3.63) is 211 Å². The highest BCUT2D eigenvalue weighted by Gasteiger charge is 2.26. The van der Waals surface area contributed by atoms with Crippen LogP contribution < -0.4 is 0 Å². The van der Waals surface area contributed by atoms with E-state index < -0.39 is 0 Å². The third-order valence-corrected chi connectivity index (χ3v) is 12.8. The third kappa shape index (κ3) is 4.95. The second-order valence-corrected chi connectivity index (χ2v) is 16.0. The van der Waals surface area contributed by atoms with E-state index in [0.717, 1.165) is 78.2 Å². The smallest absolute Gasteiger partial charge is 0.137 e. The zero-order chi connectivity index (χ0) is 38.6. The molecule has 0 spiro atoms. The molecule has 1 aliphatic rings. The lowest BCUT2D eigenvalue weighted by molar-refractivity contribution is 0.667. The van der Waals surface area contributed by atoms with Gasteiger partial charge in [0.05, 0.1) is 11.0 Å². The minimum Gasteiger partial charge on any atom is -0.456 e. The summed E-state index contributed by atoms with van der Waals surface area (Å²) >= 11 is 0. The Morgan fingerprint density at radius 3 is 1.53 bits per heavy atom. The average molecular weight is 754 g/mol. The summed E-state index contributed by atoms with van der Waals surface area (Å²) in [4.78, 5) is 0. The first-order valence-corrected chi connectivity index (χ1v) is 20.4. The second kappa shape index (κ2) is 12.4. The van der Waals surface area contributed by atoms with Gasteiger partial charge in [-0.1, -0.05) is 133 Å². The summed E-state index contributed by atoms with van der Waals surface area (Å²) in [5.41, 5.74) is 18.4. The van der Waals surface area contributed by atoms with Crippen LogP contribution in [0.15, 0.2) is 203 Å². The van der Waals surface area contributed by atoms with Gasteiger partial charge >= 0.3 is 0 Å². The SMILES string of the molecule is c1ccc2c(c1)CC(c1ccc3c(c1)oc1cc(-c4ccc(-c5ccc6c(c5)oc5cc(-n7c8ccccc8c8ccccc87)ccc56)cc4)ccc13)c1ccccc1-2. The molecule has 3 heteroatoms. The molecule has 0 amide bonds.